The Morgan fingerprint density at radius 3 is 2.45 bits per heavy atom. The van der Waals surface area contributed by atoms with Crippen molar-refractivity contribution in [1.82, 2.24) is 5.32 Å². The van der Waals surface area contributed by atoms with Crippen molar-refractivity contribution in [3.8, 4) is 17.2 Å². The predicted molar refractivity (Wildman–Crippen MR) is 82.1 cm³/mol. The van der Waals surface area contributed by atoms with Crippen LogP contribution in [-0.2, 0) is 0 Å². The van der Waals surface area contributed by atoms with E-state index in [2.05, 4.69) is 12.2 Å². The number of rotatable bonds is 11. The Bertz CT molecular complexity index is 369. The average molecular weight is 281 g/mol. The van der Waals surface area contributed by atoms with Crippen molar-refractivity contribution in [2.75, 3.05) is 33.9 Å². The summed E-state index contributed by atoms with van der Waals surface area (Å²) in [5.41, 5.74) is 0. The maximum absolute atomic E-state index is 5.77. The van der Waals surface area contributed by atoms with Crippen molar-refractivity contribution in [2.24, 2.45) is 0 Å². The van der Waals surface area contributed by atoms with Crippen LogP contribution >= 0.6 is 0 Å². The minimum absolute atomic E-state index is 0.666. The molecule has 4 nitrogen and oxygen atoms in total. The van der Waals surface area contributed by atoms with E-state index in [1.54, 1.807) is 14.2 Å². The van der Waals surface area contributed by atoms with Gasteiger partial charge in [-0.3, -0.25) is 0 Å². The summed E-state index contributed by atoms with van der Waals surface area (Å²) in [5, 5.41) is 3.40. The molecule has 0 bridgehead atoms. The number of benzene rings is 1. The Morgan fingerprint density at radius 1 is 0.950 bits per heavy atom. The first-order chi connectivity index (χ1) is 9.83. The van der Waals surface area contributed by atoms with Crippen LogP contribution in [0.3, 0.4) is 0 Å². The summed E-state index contributed by atoms with van der Waals surface area (Å²) >= 11 is 0. The molecule has 0 aromatic heterocycles. The highest BCUT2D eigenvalue weighted by Crippen LogP contribution is 2.36. The van der Waals surface area contributed by atoms with Crippen molar-refractivity contribution in [2.45, 2.75) is 32.6 Å². The number of unbranched alkanes of at least 4 members (excludes halogenated alkanes) is 2. The van der Waals surface area contributed by atoms with Crippen LogP contribution in [-0.4, -0.2) is 33.9 Å². The molecule has 1 aromatic carbocycles. The molecular formula is C16H27NO3. The smallest absolute Gasteiger partial charge is 0.203 e. The van der Waals surface area contributed by atoms with E-state index >= 15 is 0 Å². The van der Waals surface area contributed by atoms with Gasteiger partial charge in [-0.05, 0) is 50.9 Å². The number of para-hydroxylation sites is 1. The van der Waals surface area contributed by atoms with Crippen LogP contribution in [0.5, 0.6) is 17.2 Å². The van der Waals surface area contributed by atoms with Gasteiger partial charge in [-0.2, -0.15) is 0 Å². The zero-order valence-electron chi connectivity index (χ0n) is 12.9. The summed E-state index contributed by atoms with van der Waals surface area (Å²) in [7, 11) is 3.26. The monoisotopic (exact) mass is 281 g/mol. The average Bonchev–Trinajstić information content (AvgIpc) is 2.49. The number of hydrogen-bond donors (Lipinski definition) is 1. The molecule has 0 unspecified atom stereocenters. The molecule has 114 valence electrons. The van der Waals surface area contributed by atoms with Gasteiger partial charge in [0.05, 0.1) is 20.8 Å². The molecule has 1 aromatic rings. The SMILES string of the molecule is CCCNCCCCCOc1cccc(OC)c1OC. The van der Waals surface area contributed by atoms with Crippen LogP contribution in [0.25, 0.3) is 0 Å². The first kappa shape index (κ1) is 16.6. The molecule has 0 amide bonds. The Kier molecular flexibility index (Phi) is 8.63. The third-order valence-corrected chi connectivity index (χ3v) is 3.05. The largest absolute Gasteiger partial charge is 0.493 e. The van der Waals surface area contributed by atoms with Gasteiger partial charge in [-0.1, -0.05) is 13.0 Å². The Morgan fingerprint density at radius 2 is 1.75 bits per heavy atom. The standard InChI is InChI=1S/C16H27NO3/c1-4-11-17-12-6-5-7-13-20-15-10-8-9-14(18-2)16(15)19-3/h8-10,17H,4-7,11-13H2,1-3H3. The molecule has 0 saturated heterocycles. The summed E-state index contributed by atoms with van der Waals surface area (Å²) in [6.45, 7) is 5.09. The van der Waals surface area contributed by atoms with Crippen LogP contribution < -0.4 is 19.5 Å². The third-order valence-electron chi connectivity index (χ3n) is 3.05. The second kappa shape index (κ2) is 10.4. The maximum atomic E-state index is 5.77. The molecule has 0 aliphatic heterocycles. The Balaban J connectivity index is 2.25. The molecule has 0 aliphatic carbocycles. The Hall–Kier alpha value is -1.42. The lowest BCUT2D eigenvalue weighted by atomic mass is 10.2. The van der Waals surface area contributed by atoms with Gasteiger partial charge in [0.1, 0.15) is 0 Å². The maximum Gasteiger partial charge on any atom is 0.203 e. The summed E-state index contributed by atoms with van der Waals surface area (Å²) < 4.78 is 16.3. The third kappa shape index (κ3) is 5.70. The van der Waals surface area contributed by atoms with Gasteiger partial charge in [-0.15, -0.1) is 0 Å². The molecule has 0 atom stereocenters. The number of ether oxygens (including phenoxy) is 3. The molecular weight excluding hydrogens is 254 g/mol. The van der Waals surface area contributed by atoms with Gasteiger partial charge in [0.2, 0.25) is 5.75 Å². The van der Waals surface area contributed by atoms with Gasteiger partial charge in [-0.25, -0.2) is 0 Å². The fourth-order valence-corrected chi connectivity index (χ4v) is 1.98. The number of nitrogens with one attached hydrogen (secondary N) is 1. The summed E-state index contributed by atoms with van der Waals surface area (Å²) in [5.74, 6) is 2.12. The van der Waals surface area contributed by atoms with Gasteiger partial charge in [0.15, 0.2) is 11.5 Å². The van der Waals surface area contributed by atoms with Crippen molar-refractivity contribution in [3.05, 3.63) is 18.2 Å². The fraction of sp³-hybridized carbons (Fsp3) is 0.625. The van der Waals surface area contributed by atoms with Crippen LogP contribution in [0.1, 0.15) is 32.6 Å². The lowest BCUT2D eigenvalue weighted by Crippen LogP contribution is -2.15. The Labute approximate surface area is 122 Å². The van der Waals surface area contributed by atoms with E-state index in [1.807, 2.05) is 18.2 Å². The number of methoxy groups -OCH3 is 2. The van der Waals surface area contributed by atoms with Crippen molar-refractivity contribution in [1.29, 1.82) is 0 Å². The van der Waals surface area contributed by atoms with Crippen molar-refractivity contribution >= 4 is 0 Å². The van der Waals surface area contributed by atoms with E-state index in [1.165, 1.54) is 19.3 Å². The van der Waals surface area contributed by atoms with E-state index in [-0.39, 0.29) is 0 Å². The summed E-state index contributed by atoms with van der Waals surface area (Å²) in [6.07, 6.45) is 4.61. The normalized spacial score (nSPS) is 10.3. The van der Waals surface area contributed by atoms with E-state index in [0.29, 0.717) is 18.1 Å². The van der Waals surface area contributed by atoms with E-state index in [9.17, 15) is 0 Å². The van der Waals surface area contributed by atoms with Crippen molar-refractivity contribution < 1.29 is 14.2 Å². The minimum Gasteiger partial charge on any atom is -0.493 e. The highest BCUT2D eigenvalue weighted by atomic mass is 16.5. The molecule has 1 N–H and O–H groups in total. The zero-order chi connectivity index (χ0) is 14.6. The van der Waals surface area contributed by atoms with E-state index < -0.39 is 0 Å². The second-order valence-electron chi connectivity index (χ2n) is 4.65. The molecule has 0 saturated carbocycles. The topological polar surface area (TPSA) is 39.7 Å². The van der Waals surface area contributed by atoms with Crippen LogP contribution in [0.2, 0.25) is 0 Å². The molecule has 4 heteroatoms. The van der Waals surface area contributed by atoms with Crippen LogP contribution in [0, 0.1) is 0 Å². The molecule has 0 radical (unpaired) electrons. The first-order valence-electron chi connectivity index (χ1n) is 7.38. The highest BCUT2D eigenvalue weighted by Gasteiger charge is 2.09. The van der Waals surface area contributed by atoms with E-state index in [0.717, 1.165) is 25.3 Å². The van der Waals surface area contributed by atoms with Crippen LogP contribution in [0.4, 0.5) is 0 Å². The molecule has 1 rings (SSSR count). The van der Waals surface area contributed by atoms with Gasteiger partial charge in [0.25, 0.3) is 0 Å². The van der Waals surface area contributed by atoms with E-state index in [4.69, 9.17) is 14.2 Å². The molecule has 20 heavy (non-hydrogen) atoms. The second-order valence-corrected chi connectivity index (χ2v) is 4.65. The minimum atomic E-state index is 0.666. The van der Waals surface area contributed by atoms with Crippen LogP contribution in [0.15, 0.2) is 18.2 Å². The van der Waals surface area contributed by atoms with Gasteiger partial charge in [0, 0.05) is 0 Å². The molecule has 0 heterocycles. The predicted octanol–water partition coefficient (Wildman–Crippen LogP) is 3.25. The quantitative estimate of drug-likeness (QED) is 0.632. The van der Waals surface area contributed by atoms with Gasteiger partial charge < -0.3 is 19.5 Å². The molecule has 0 aliphatic rings. The zero-order valence-corrected chi connectivity index (χ0v) is 12.9. The lowest BCUT2D eigenvalue weighted by Gasteiger charge is -2.13. The molecule has 0 fully saturated rings. The van der Waals surface area contributed by atoms with Crippen molar-refractivity contribution in [3.63, 3.8) is 0 Å². The fourth-order valence-electron chi connectivity index (χ4n) is 1.98. The summed E-state index contributed by atoms with van der Waals surface area (Å²) in [6, 6.07) is 5.68. The lowest BCUT2D eigenvalue weighted by molar-refractivity contribution is 0.276. The summed E-state index contributed by atoms with van der Waals surface area (Å²) in [4.78, 5) is 0. The highest BCUT2D eigenvalue weighted by molar-refractivity contribution is 5.50. The first-order valence-corrected chi connectivity index (χ1v) is 7.38. The molecule has 0 spiro atoms. The van der Waals surface area contributed by atoms with Gasteiger partial charge >= 0.3 is 0 Å². The number of hydrogen-bond acceptors (Lipinski definition) is 4.